The van der Waals surface area contributed by atoms with Crippen LogP contribution < -0.4 is 10.2 Å². The number of amides is 1. The summed E-state index contributed by atoms with van der Waals surface area (Å²) in [6.45, 7) is 3.52. The highest BCUT2D eigenvalue weighted by molar-refractivity contribution is 5.92. The number of rotatable bonds is 5. The first-order valence-corrected chi connectivity index (χ1v) is 10.1. The van der Waals surface area contributed by atoms with Gasteiger partial charge in [0.2, 0.25) is 5.95 Å². The van der Waals surface area contributed by atoms with Crippen LogP contribution in [-0.2, 0) is 9.47 Å². The lowest BCUT2D eigenvalue weighted by molar-refractivity contribution is -0.169. The van der Waals surface area contributed by atoms with Gasteiger partial charge in [0.15, 0.2) is 5.79 Å². The van der Waals surface area contributed by atoms with E-state index in [1.54, 1.807) is 12.3 Å². The van der Waals surface area contributed by atoms with Crippen LogP contribution in [0.2, 0.25) is 0 Å². The molecule has 1 amide bonds. The van der Waals surface area contributed by atoms with Crippen molar-refractivity contribution >= 4 is 11.9 Å². The summed E-state index contributed by atoms with van der Waals surface area (Å²) in [5.41, 5.74) is 1.88. The van der Waals surface area contributed by atoms with Gasteiger partial charge in [0.25, 0.3) is 5.91 Å². The molecule has 3 heterocycles. The lowest BCUT2D eigenvalue weighted by Crippen LogP contribution is -2.45. The Morgan fingerprint density at radius 1 is 1.22 bits per heavy atom. The highest BCUT2D eigenvalue weighted by Crippen LogP contribution is 2.32. The normalized spacial score (nSPS) is 21.9. The Kier molecular flexibility index (Phi) is 5.69. The molecule has 7 heteroatoms. The third-order valence-electron chi connectivity index (χ3n) is 5.61. The van der Waals surface area contributed by atoms with Crippen LogP contribution in [0.1, 0.15) is 55.4 Å². The first kappa shape index (κ1) is 18.4. The fraction of sp³-hybridized carbons (Fsp3) is 0.650. The zero-order valence-electron chi connectivity index (χ0n) is 15.8. The van der Waals surface area contributed by atoms with Gasteiger partial charge in [-0.25, -0.2) is 9.97 Å². The summed E-state index contributed by atoms with van der Waals surface area (Å²) in [5.74, 6) is 0.0516. The first-order valence-electron chi connectivity index (χ1n) is 10.1. The summed E-state index contributed by atoms with van der Waals surface area (Å²) < 4.78 is 11.5. The van der Waals surface area contributed by atoms with E-state index in [1.165, 1.54) is 24.8 Å². The molecular formula is C20H28N4O3. The van der Waals surface area contributed by atoms with Gasteiger partial charge < -0.3 is 19.7 Å². The SMILES string of the molecule is O=C(NCCC1=CCCCC1)c1ccnc(N2CCC3(CC2)OCCO3)n1. The van der Waals surface area contributed by atoms with E-state index in [4.69, 9.17) is 9.47 Å². The van der Waals surface area contributed by atoms with E-state index in [2.05, 4.69) is 26.3 Å². The van der Waals surface area contributed by atoms with Crippen LogP contribution in [0, 0.1) is 0 Å². The second-order valence-electron chi connectivity index (χ2n) is 7.45. The fourth-order valence-electron chi connectivity index (χ4n) is 4.02. The summed E-state index contributed by atoms with van der Waals surface area (Å²) in [6.07, 6.45) is 11.4. The summed E-state index contributed by atoms with van der Waals surface area (Å²) in [7, 11) is 0. The van der Waals surface area contributed by atoms with Crippen LogP contribution in [0.5, 0.6) is 0 Å². The molecule has 4 rings (SSSR count). The van der Waals surface area contributed by atoms with Gasteiger partial charge in [0, 0.05) is 38.7 Å². The van der Waals surface area contributed by atoms with Gasteiger partial charge in [-0.15, -0.1) is 0 Å². The van der Waals surface area contributed by atoms with Gasteiger partial charge in [0.1, 0.15) is 5.69 Å². The van der Waals surface area contributed by atoms with Crippen molar-refractivity contribution in [3.63, 3.8) is 0 Å². The predicted molar refractivity (Wildman–Crippen MR) is 102 cm³/mol. The standard InChI is InChI=1S/C20H28N4O3/c25-18(21-10-6-16-4-2-1-3-5-16)17-7-11-22-19(23-17)24-12-8-20(9-13-24)26-14-15-27-20/h4,7,11H,1-3,5-6,8-10,12-15H2,(H,21,25). The fourth-order valence-corrected chi connectivity index (χ4v) is 4.02. The molecule has 1 spiro atoms. The highest BCUT2D eigenvalue weighted by Gasteiger charge is 2.40. The van der Waals surface area contributed by atoms with Gasteiger partial charge >= 0.3 is 0 Å². The number of hydrogen-bond donors (Lipinski definition) is 1. The monoisotopic (exact) mass is 372 g/mol. The number of piperidine rings is 1. The van der Waals surface area contributed by atoms with Gasteiger partial charge in [-0.05, 0) is 38.2 Å². The van der Waals surface area contributed by atoms with Crippen molar-refractivity contribution in [2.45, 2.75) is 50.7 Å². The van der Waals surface area contributed by atoms with E-state index >= 15 is 0 Å². The van der Waals surface area contributed by atoms with Crippen molar-refractivity contribution in [1.82, 2.24) is 15.3 Å². The molecule has 0 unspecified atom stereocenters. The molecule has 0 atom stereocenters. The van der Waals surface area contributed by atoms with Gasteiger partial charge in [-0.2, -0.15) is 0 Å². The van der Waals surface area contributed by atoms with Gasteiger partial charge in [-0.1, -0.05) is 11.6 Å². The van der Waals surface area contributed by atoms with Crippen molar-refractivity contribution < 1.29 is 14.3 Å². The van der Waals surface area contributed by atoms with Crippen molar-refractivity contribution in [3.8, 4) is 0 Å². The summed E-state index contributed by atoms with van der Waals surface area (Å²) in [6, 6.07) is 1.67. The molecular weight excluding hydrogens is 344 g/mol. The van der Waals surface area contributed by atoms with Crippen LogP contribution in [0.25, 0.3) is 0 Å². The quantitative estimate of drug-likeness (QED) is 0.800. The van der Waals surface area contributed by atoms with E-state index < -0.39 is 5.79 Å². The zero-order valence-corrected chi connectivity index (χ0v) is 15.8. The Morgan fingerprint density at radius 3 is 2.78 bits per heavy atom. The van der Waals surface area contributed by atoms with Crippen molar-refractivity contribution in [1.29, 1.82) is 0 Å². The van der Waals surface area contributed by atoms with Crippen molar-refractivity contribution in [3.05, 3.63) is 29.6 Å². The van der Waals surface area contributed by atoms with Gasteiger partial charge in [0.05, 0.1) is 13.2 Å². The molecule has 7 nitrogen and oxygen atoms in total. The molecule has 2 fully saturated rings. The number of nitrogens with zero attached hydrogens (tertiary/aromatic N) is 3. The molecule has 146 valence electrons. The summed E-state index contributed by atoms with van der Waals surface area (Å²) in [5, 5.41) is 2.99. The minimum atomic E-state index is -0.417. The van der Waals surface area contributed by atoms with Crippen LogP contribution >= 0.6 is 0 Å². The second-order valence-corrected chi connectivity index (χ2v) is 7.45. The van der Waals surface area contributed by atoms with Crippen LogP contribution in [0.15, 0.2) is 23.9 Å². The number of carbonyl (C=O) groups is 1. The molecule has 27 heavy (non-hydrogen) atoms. The molecule has 0 aromatic carbocycles. The molecule has 2 aliphatic heterocycles. The second kappa shape index (κ2) is 8.35. The van der Waals surface area contributed by atoms with Crippen molar-refractivity contribution in [2.75, 3.05) is 37.7 Å². The highest BCUT2D eigenvalue weighted by atomic mass is 16.7. The number of carbonyl (C=O) groups excluding carboxylic acids is 1. The van der Waals surface area contributed by atoms with Crippen LogP contribution in [-0.4, -0.2) is 54.5 Å². The Hall–Kier alpha value is -1.99. The Balaban J connectivity index is 1.30. The maximum Gasteiger partial charge on any atom is 0.270 e. The summed E-state index contributed by atoms with van der Waals surface area (Å²) in [4.78, 5) is 23.4. The topological polar surface area (TPSA) is 76.6 Å². The largest absolute Gasteiger partial charge is 0.350 e. The maximum atomic E-state index is 12.4. The molecule has 0 saturated carbocycles. The van der Waals surface area contributed by atoms with E-state index in [9.17, 15) is 4.79 Å². The third-order valence-corrected chi connectivity index (χ3v) is 5.61. The number of nitrogens with one attached hydrogen (secondary N) is 1. The molecule has 0 bridgehead atoms. The lowest BCUT2D eigenvalue weighted by atomic mass is 9.97. The molecule has 1 aromatic heterocycles. The maximum absolute atomic E-state index is 12.4. The van der Waals surface area contributed by atoms with Crippen molar-refractivity contribution in [2.24, 2.45) is 0 Å². The van der Waals surface area contributed by atoms with E-state index in [0.29, 0.717) is 31.4 Å². The first-order chi connectivity index (χ1) is 13.2. The predicted octanol–water partition coefficient (Wildman–Crippen LogP) is 2.44. The van der Waals surface area contributed by atoms with Crippen LogP contribution in [0.4, 0.5) is 5.95 Å². The number of ether oxygens (including phenoxy) is 2. The van der Waals surface area contributed by atoms with Crippen LogP contribution in [0.3, 0.4) is 0 Å². The number of allylic oxidation sites excluding steroid dienone is 1. The Bertz CT molecular complexity index is 690. The molecule has 2 saturated heterocycles. The smallest absolute Gasteiger partial charge is 0.270 e. The average Bonchev–Trinajstić information content (AvgIpc) is 3.17. The third kappa shape index (κ3) is 4.47. The van der Waals surface area contributed by atoms with E-state index in [1.807, 2.05) is 0 Å². The average molecular weight is 372 g/mol. The molecule has 1 N–H and O–H groups in total. The lowest BCUT2D eigenvalue weighted by Gasteiger charge is -2.37. The molecule has 1 aliphatic carbocycles. The minimum absolute atomic E-state index is 0.133. The number of hydrogen-bond acceptors (Lipinski definition) is 6. The zero-order chi connectivity index (χ0) is 18.5. The van der Waals surface area contributed by atoms with E-state index in [0.717, 1.165) is 38.8 Å². The number of aromatic nitrogens is 2. The number of anilines is 1. The molecule has 3 aliphatic rings. The van der Waals surface area contributed by atoms with Gasteiger partial charge in [-0.3, -0.25) is 4.79 Å². The molecule has 1 aromatic rings. The minimum Gasteiger partial charge on any atom is -0.350 e. The molecule has 0 radical (unpaired) electrons. The summed E-state index contributed by atoms with van der Waals surface area (Å²) >= 11 is 0. The Morgan fingerprint density at radius 2 is 2.04 bits per heavy atom. The Labute approximate surface area is 160 Å². The van der Waals surface area contributed by atoms with E-state index in [-0.39, 0.29) is 5.91 Å².